The first-order chi connectivity index (χ1) is 15.5. The molecule has 3 aromatic rings. The topological polar surface area (TPSA) is 109 Å². The van der Waals surface area contributed by atoms with Gasteiger partial charge in [0, 0.05) is 11.6 Å². The van der Waals surface area contributed by atoms with E-state index in [0.717, 1.165) is 30.6 Å². The molecule has 0 unspecified atom stereocenters. The first kappa shape index (κ1) is 23.3. The Morgan fingerprint density at radius 3 is 2.72 bits per heavy atom. The van der Waals surface area contributed by atoms with Gasteiger partial charge in [-0.1, -0.05) is 19.8 Å². The number of rotatable bonds is 10. The predicted molar refractivity (Wildman–Crippen MR) is 129 cm³/mol. The number of ether oxygens (including phenoxy) is 2. The molecule has 9 heteroatoms. The van der Waals surface area contributed by atoms with E-state index < -0.39 is 0 Å². The summed E-state index contributed by atoms with van der Waals surface area (Å²) in [6.07, 6.45) is 4.86. The van der Waals surface area contributed by atoms with Gasteiger partial charge < -0.3 is 14.6 Å². The number of nitrogens with one attached hydrogen (secondary N) is 2. The molecule has 0 bridgehead atoms. The zero-order valence-corrected chi connectivity index (χ0v) is 19.5. The smallest absolute Gasteiger partial charge is 0.266 e. The van der Waals surface area contributed by atoms with Crippen molar-refractivity contribution in [2.24, 2.45) is 5.10 Å². The summed E-state index contributed by atoms with van der Waals surface area (Å²) in [7, 11) is 1.47. The number of halogens is 1. The van der Waals surface area contributed by atoms with Crippen molar-refractivity contribution in [3.63, 3.8) is 0 Å². The number of unbranched alkanes of at least 4 members (excludes halogenated alkanes) is 2. The Morgan fingerprint density at radius 2 is 2.00 bits per heavy atom. The second-order valence-electron chi connectivity index (χ2n) is 7.00. The van der Waals surface area contributed by atoms with E-state index in [1.165, 1.54) is 13.2 Å². The van der Waals surface area contributed by atoms with Crippen LogP contribution in [0.1, 0.15) is 31.7 Å². The van der Waals surface area contributed by atoms with E-state index in [1.807, 2.05) is 24.3 Å². The molecule has 0 radical (unpaired) electrons. The Balaban J connectivity index is 1.76. The Labute approximate surface area is 194 Å². The van der Waals surface area contributed by atoms with Gasteiger partial charge in [0.05, 0.1) is 30.1 Å². The number of benzene rings is 2. The lowest BCUT2D eigenvalue weighted by molar-refractivity contribution is 0.306. The molecule has 0 atom stereocenters. The van der Waals surface area contributed by atoms with Gasteiger partial charge in [0.2, 0.25) is 0 Å². The summed E-state index contributed by atoms with van der Waals surface area (Å²) in [6.45, 7) is 2.84. The van der Waals surface area contributed by atoms with Gasteiger partial charge in [0.1, 0.15) is 11.4 Å². The van der Waals surface area contributed by atoms with Gasteiger partial charge in [-0.2, -0.15) is 10.2 Å². The molecule has 1 aromatic heterocycles. The SMILES string of the molecule is CCCCCOc1ccc(-c2n[nH]c(=O)cc2N/N=C/c2cc(Br)c(O)c(OC)c2)cc1. The Kier molecular flexibility index (Phi) is 8.27. The molecule has 2 aromatic carbocycles. The summed E-state index contributed by atoms with van der Waals surface area (Å²) in [5, 5.41) is 20.8. The molecule has 3 rings (SSSR count). The summed E-state index contributed by atoms with van der Waals surface area (Å²) in [5.41, 5.74) is 5.00. The molecule has 0 aliphatic heterocycles. The van der Waals surface area contributed by atoms with Gasteiger partial charge in [-0.15, -0.1) is 0 Å². The second-order valence-corrected chi connectivity index (χ2v) is 7.85. The maximum absolute atomic E-state index is 11.8. The van der Waals surface area contributed by atoms with Gasteiger partial charge in [-0.05, 0) is 64.3 Å². The number of aromatic hydroxyl groups is 1. The molecule has 168 valence electrons. The van der Waals surface area contributed by atoms with Gasteiger partial charge in [0.25, 0.3) is 5.56 Å². The third-order valence-electron chi connectivity index (χ3n) is 4.62. The molecule has 32 heavy (non-hydrogen) atoms. The van der Waals surface area contributed by atoms with E-state index in [4.69, 9.17) is 9.47 Å². The summed E-state index contributed by atoms with van der Waals surface area (Å²) in [4.78, 5) is 11.8. The minimum absolute atomic E-state index is 0.0106. The zero-order chi connectivity index (χ0) is 22.9. The first-order valence-corrected chi connectivity index (χ1v) is 11.0. The highest BCUT2D eigenvalue weighted by Gasteiger charge is 2.10. The summed E-state index contributed by atoms with van der Waals surface area (Å²) < 4.78 is 11.4. The fourth-order valence-electron chi connectivity index (χ4n) is 2.96. The maximum Gasteiger partial charge on any atom is 0.266 e. The van der Waals surface area contributed by atoms with Crippen LogP contribution in [0.3, 0.4) is 0 Å². The number of hydrogen-bond donors (Lipinski definition) is 3. The number of aromatic amines is 1. The number of anilines is 1. The van der Waals surface area contributed by atoms with Gasteiger partial charge >= 0.3 is 0 Å². The minimum Gasteiger partial charge on any atom is -0.503 e. The number of phenolic OH excluding ortho intramolecular Hbond substituents is 1. The van der Waals surface area contributed by atoms with Crippen molar-refractivity contribution in [2.45, 2.75) is 26.2 Å². The normalized spacial score (nSPS) is 11.0. The predicted octanol–water partition coefficient (Wildman–Crippen LogP) is 4.93. The number of aromatic nitrogens is 2. The molecule has 0 aliphatic rings. The number of hydrogen-bond acceptors (Lipinski definition) is 7. The maximum atomic E-state index is 11.8. The summed E-state index contributed by atoms with van der Waals surface area (Å²) >= 11 is 3.28. The molecular formula is C23H25BrN4O4. The molecule has 0 spiro atoms. The standard InChI is InChI=1S/C23H25BrN4O4/c1-3-4-5-10-32-17-8-6-16(7-9-17)22-19(13-21(29)27-28-22)26-25-14-15-11-18(24)23(30)20(12-15)31-2/h6-9,11-14,30H,3-5,10H2,1-2H3,(H2,26,27,29)/b25-14+. The van der Waals surface area contributed by atoms with Crippen molar-refractivity contribution in [3.8, 4) is 28.5 Å². The van der Waals surface area contributed by atoms with Crippen LogP contribution >= 0.6 is 15.9 Å². The van der Waals surface area contributed by atoms with E-state index in [1.54, 1.807) is 18.3 Å². The van der Waals surface area contributed by atoms with Gasteiger partial charge in [0.15, 0.2) is 11.5 Å². The van der Waals surface area contributed by atoms with Crippen LogP contribution in [0, 0.1) is 0 Å². The van der Waals surface area contributed by atoms with Gasteiger partial charge in [-0.3, -0.25) is 10.2 Å². The zero-order valence-electron chi connectivity index (χ0n) is 17.9. The summed E-state index contributed by atoms with van der Waals surface area (Å²) in [5.74, 6) is 1.11. The lowest BCUT2D eigenvalue weighted by atomic mass is 10.1. The molecule has 1 heterocycles. The monoisotopic (exact) mass is 500 g/mol. The molecule has 0 saturated carbocycles. The highest BCUT2D eigenvalue weighted by Crippen LogP contribution is 2.34. The lowest BCUT2D eigenvalue weighted by Gasteiger charge is -2.09. The average Bonchev–Trinajstić information content (AvgIpc) is 2.79. The fraction of sp³-hybridized carbons (Fsp3) is 0.261. The van der Waals surface area contributed by atoms with Crippen molar-refractivity contribution in [1.29, 1.82) is 0 Å². The van der Waals surface area contributed by atoms with Crippen LogP contribution in [-0.4, -0.2) is 35.2 Å². The van der Waals surface area contributed by atoms with Crippen molar-refractivity contribution in [3.05, 3.63) is 62.9 Å². The van der Waals surface area contributed by atoms with E-state index in [-0.39, 0.29) is 11.3 Å². The molecule has 8 nitrogen and oxygen atoms in total. The van der Waals surface area contributed by atoms with Crippen LogP contribution < -0.4 is 20.5 Å². The fourth-order valence-corrected chi connectivity index (χ4v) is 3.42. The Morgan fingerprint density at radius 1 is 1.22 bits per heavy atom. The van der Waals surface area contributed by atoms with Crippen LogP contribution in [0.15, 0.2) is 56.8 Å². The quantitative estimate of drug-likeness (QED) is 0.207. The van der Waals surface area contributed by atoms with Crippen molar-refractivity contribution < 1.29 is 14.6 Å². The molecule has 0 aliphatic carbocycles. The van der Waals surface area contributed by atoms with Crippen LogP contribution in [0.2, 0.25) is 0 Å². The van der Waals surface area contributed by atoms with E-state index in [0.29, 0.717) is 33.8 Å². The third-order valence-corrected chi connectivity index (χ3v) is 5.23. The molecule has 0 amide bonds. The average molecular weight is 501 g/mol. The van der Waals surface area contributed by atoms with E-state index in [9.17, 15) is 9.90 Å². The van der Waals surface area contributed by atoms with E-state index in [2.05, 4.69) is 43.6 Å². The van der Waals surface area contributed by atoms with Crippen molar-refractivity contribution in [1.82, 2.24) is 10.2 Å². The second kappa shape index (κ2) is 11.3. The number of H-pyrrole nitrogens is 1. The van der Waals surface area contributed by atoms with Crippen LogP contribution in [0.4, 0.5) is 5.69 Å². The van der Waals surface area contributed by atoms with Crippen LogP contribution in [0.25, 0.3) is 11.3 Å². The molecule has 3 N–H and O–H groups in total. The number of nitrogens with zero attached hydrogens (tertiary/aromatic N) is 2. The van der Waals surface area contributed by atoms with Gasteiger partial charge in [-0.25, -0.2) is 5.10 Å². The minimum atomic E-state index is -0.351. The largest absolute Gasteiger partial charge is 0.503 e. The Bertz CT molecular complexity index is 1130. The molecule has 0 saturated heterocycles. The lowest BCUT2D eigenvalue weighted by Crippen LogP contribution is -2.10. The Hall–Kier alpha value is -3.33. The molecule has 0 fully saturated rings. The van der Waals surface area contributed by atoms with Crippen LogP contribution in [0.5, 0.6) is 17.2 Å². The third kappa shape index (κ3) is 6.10. The highest BCUT2D eigenvalue weighted by molar-refractivity contribution is 9.10. The number of hydrazone groups is 1. The molecular weight excluding hydrogens is 476 g/mol. The van der Waals surface area contributed by atoms with E-state index >= 15 is 0 Å². The summed E-state index contributed by atoms with van der Waals surface area (Å²) in [6, 6.07) is 12.2. The highest BCUT2D eigenvalue weighted by atomic mass is 79.9. The van der Waals surface area contributed by atoms with Crippen LogP contribution in [-0.2, 0) is 0 Å². The first-order valence-electron chi connectivity index (χ1n) is 10.2. The number of methoxy groups -OCH3 is 1. The van der Waals surface area contributed by atoms with Crippen molar-refractivity contribution >= 4 is 27.8 Å². The van der Waals surface area contributed by atoms with Crippen molar-refractivity contribution in [2.75, 3.05) is 19.1 Å². The number of phenols is 1.